The number of halogens is 1. The van der Waals surface area contributed by atoms with Crippen LogP contribution in [0.5, 0.6) is 0 Å². The maximum atomic E-state index is 9.11. The van der Waals surface area contributed by atoms with E-state index in [4.69, 9.17) is 21.6 Å². The highest BCUT2D eigenvalue weighted by molar-refractivity contribution is 6.17. The van der Waals surface area contributed by atoms with Crippen molar-refractivity contribution in [3.8, 4) is 6.07 Å². The van der Waals surface area contributed by atoms with E-state index in [1.54, 1.807) is 0 Å². The van der Waals surface area contributed by atoms with Crippen LogP contribution < -0.4 is 4.90 Å². The van der Waals surface area contributed by atoms with Crippen molar-refractivity contribution in [2.24, 2.45) is 0 Å². The summed E-state index contributed by atoms with van der Waals surface area (Å²) < 4.78 is 5.30. The molecule has 0 bridgehead atoms. The molecule has 92 valence electrons. The van der Waals surface area contributed by atoms with E-state index < -0.39 is 0 Å². The molecule has 1 rings (SSSR count). The Labute approximate surface area is 108 Å². The van der Waals surface area contributed by atoms with Gasteiger partial charge < -0.3 is 9.64 Å². The molecular weight excluding hydrogens is 236 g/mol. The molecule has 1 aromatic carbocycles. The zero-order valence-electron chi connectivity index (χ0n) is 10.2. The van der Waals surface area contributed by atoms with Crippen molar-refractivity contribution in [1.29, 1.82) is 5.26 Å². The SMILES string of the molecule is CCOCCN(C)c1ccc(CCl)cc1C#N. The second-order valence-corrected chi connectivity index (χ2v) is 3.98. The summed E-state index contributed by atoms with van der Waals surface area (Å²) in [5.41, 5.74) is 2.54. The van der Waals surface area contributed by atoms with Gasteiger partial charge in [-0.15, -0.1) is 11.6 Å². The summed E-state index contributed by atoms with van der Waals surface area (Å²) in [7, 11) is 1.95. The average molecular weight is 253 g/mol. The van der Waals surface area contributed by atoms with Crippen LogP contribution in [-0.4, -0.2) is 26.8 Å². The lowest BCUT2D eigenvalue weighted by molar-refractivity contribution is 0.154. The molecule has 0 unspecified atom stereocenters. The fourth-order valence-electron chi connectivity index (χ4n) is 1.56. The van der Waals surface area contributed by atoms with Gasteiger partial charge in [-0.2, -0.15) is 5.26 Å². The van der Waals surface area contributed by atoms with Gasteiger partial charge in [0.15, 0.2) is 0 Å². The zero-order valence-corrected chi connectivity index (χ0v) is 11.0. The fraction of sp³-hybridized carbons (Fsp3) is 0.462. The van der Waals surface area contributed by atoms with Gasteiger partial charge >= 0.3 is 0 Å². The van der Waals surface area contributed by atoms with Crippen LogP contribution in [0.4, 0.5) is 5.69 Å². The third-order valence-corrected chi connectivity index (χ3v) is 2.83. The van der Waals surface area contributed by atoms with Gasteiger partial charge in [0.1, 0.15) is 6.07 Å². The van der Waals surface area contributed by atoms with E-state index in [1.807, 2.05) is 37.1 Å². The molecule has 0 saturated carbocycles. The lowest BCUT2D eigenvalue weighted by atomic mass is 10.1. The van der Waals surface area contributed by atoms with E-state index in [0.29, 0.717) is 24.7 Å². The Bertz CT molecular complexity index is 401. The zero-order chi connectivity index (χ0) is 12.7. The molecule has 0 amide bonds. The van der Waals surface area contributed by atoms with Crippen molar-refractivity contribution in [3.63, 3.8) is 0 Å². The molecule has 0 fully saturated rings. The minimum absolute atomic E-state index is 0.428. The van der Waals surface area contributed by atoms with Gasteiger partial charge in [0.05, 0.1) is 17.9 Å². The van der Waals surface area contributed by atoms with Gasteiger partial charge in [-0.25, -0.2) is 0 Å². The third kappa shape index (κ3) is 3.92. The number of nitriles is 1. The summed E-state index contributed by atoms with van der Waals surface area (Å²) in [6, 6.07) is 7.91. The Balaban J connectivity index is 2.79. The highest BCUT2D eigenvalue weighted by atomic mass is 35.5. The van der Waals surface area contributed by atoms with E-state index in [9.17, 15) is 0 Å². The normalized spacial score (nSPS) is 10.0. The number of hydrogen-bond acceptors (Lipinski definition) is 3. The van der Waals surface area contributed by atoms with Crippen molar-refractivity contribution in [3.05, 3.63) is 29.3 Å². The number of anilines is 1. The molecule has 0 N–H and O–H groups in total. The Morgan fingerprint density at radius 1 is 1.47 bits per heavy atom. The quantitative estimate of drug-likeness (QED) is 0.577. The van der Waals surface area contributed by atoms with Gasteiger partial charge in [-0.1, -0.05) is 6.07 Å². The van der Waals surface area contributed by atoms with Crippen molar-refractivity contribution < 1.29 is 4.74 Å². The predicted molar refractivity (Wildman–Crippen MR) is 70.5 cm³/mol. The molecule has 3 nitrogen and oxygen atoms in total. The Morgan fingerprint density at radius 3 is 2.82 bits per heavy atom. The summed E-state index contributed by atoms with van der Waals surface area (Å²) in [4.78, 5) is 2.02. The standard InChI is InChI=1S/C13H17ClN2O/c1-3-17-7-6-16(2)13-5-4-11(9-14)8-12(13)10-15/h4-5,8H,3,6-7,9H2,1-2H3. The molecule has 17 heavy (non-hydrogen) atoms. The van der Waals surface area contributed by atoms with Crippen LogP contribution in [-0.2, 0) is 10.6 Å². The first-order valence-corrected chi connectivity index (χ1v) is 6.14. The van der Waals surface area contributed by atoms with E-state index in [-0.39, 0.29) is 0 Å². The molecule has 0 atom stereocenters. The van der Waals surface area contributed by atoms with Crippen LogP contribution in [0, 0.1) is 11.3 Å². The van der Waals surface area contributed by atoms with Crippen LogP contribution >= 0.6 is 11.6 Å². The summed E-state index contributed by atoms with van der Waals surface area (Å²) >= 11 is 5.75. The van der Waals surface area contributed by atoms with Gasteiger partial charge in [0, 0.05) is 26.1 Å². The number of rotatable bonds is 6. The number of ether oxygens (including phenoxy) is 1. The monoisotopic (exact) mass is 252 g/mol. The Morgan fingerprint density at radius 2 is 2.24 bits per heavy atom. The molecular formula is C13H17ClN2O. The molecule has 0 aliphatic carbocycles. The second kappa shape index (κ2) is 7.16. The molecule has 0 aliphatic rings. The first-order valence-electron chi connectivity index (χ1n) is 5.60. The second-order valence-electron chi connectivity index (χ2n) is 3.72. The lowest BCUT2D eigenvalue weighted by Gasteiger charge is -2.20. The molecule has 0 radical (unpaired) electrons. The largest absolute Gasteiger partial charge is 0.380 e. The van der Waals surface area contributed by atoms with Crippen molar-refractivity contribution in [2.75, 3.05) is 31.7 Å². The molecule has 0 aliphatic heterocycles. The number of hydrogen-bond donors (Lipinski definition) is 0. The summed E-state index contributed by atoms with van der Waals surface area (Å²) in [6.45, 7) is 4.11. The highest BCUT2D eigenvalue weighted by Crippen LogP contribution is 2.21. The van der Waals surface area contributed by atoms with Crippen LogP contribution in [0.2, 0.25) is 0 Å². The third-order valence-electron chi connectivity index (χ3n) is 2.52. The lowest BCUT2D eigenvalue weighted by Crippen LogP contribution is -2.23. The molecule has 1 aromatic rings. The minimum Gasteiger partial charge on any atom is -0.380 e. The first kappa shape index (κ1) is 13.8. The summed E-state index contributed by atoms with van der Waals surface area (Å²) in [5, 5.41) is 9.11. The van der Waals surface area contributed by atoms with Crippen LogP contribution in [0.25, 0.3) is 0 Å². The fourth-order valence-corrected chi connectivity index (χ4v) is 1.72. The minimum atomic E-state index is 0.428. The Kier molecular flexibility index (Phi) is 5.82. The smallest absolute Gasteiger partial charge is 0.101 e. The van der Waals surface area contributed by atoms with Crippen molar-refractivity contribution >= 4 is 17.3 Å². The van der Waals surface area contributed by atoms with Crippen LogP contribution in [0.15, 0.2) is 18.2 Å². The number of benzene rings is 1. The van der Waals surface area contributed by atoms with Gasteiger partial charge in [0.25, 0.3) is 0 Å². The predicted octanol–water partition coefficient (Wildman–Crippen LogP) is 2.77. The van der Waals surface area contributed by atoms with Crippen molar-refractivity contribution in [1.82, 2.24) is 0 Å². The molecule has 0 heterocycles. The molecule has 0 saturated heterocycles. The van der Waals surface area contributed by atoms with Crippen LogP contribution in [0.3, 0.4) is 0 Å². The number of nitrogens with zero attached hydrogens (tertiary/aromatic N) is 2. The maximum Gasteiger partial charge on any atom is 0.101 e. The molecule has 0 spiro atoms. The first-order chi connectivity index (χ1) is 8.22. The molecule has 4 heteroatoms. The van der Waals surface area contributed by atoms with Gasteiger partial charge in [-0.3, -0.25) is 0 Å². The number of likely N-dealkylation sites (N-methyl/N-ethyl adjacent to an activating group) is 1. The topological polar surface area (TPSA) is 36.3 Å². The maximum absolute atomic E-state index is 9.11. The number of alkyl halides is 1. The van der Waals surface area contributed by atoms with Gasteiger partial charge in [0.2, 0.25) is 0 Å². The highest BCUT2D eigenvalue weighted by Gasteiger charge is 2.07. The summed E-state index contributed by atoms with van der Waals surface area (Å²) in [5.74, 6) is 0.428. The summed E-state index contributed by atoms with van der Waals surface area (Å²) in [6.07, 6.45) is 0. The van der Waals surface area contributed by atoms with E-state index in [2.05, 4.69) is 6.07 Å². The Hall–Kier alpha value is -1.24. The van der Waals surface area contributed by atoms with E-state index in [1.165, 1.54) is 0 Å². The van der Waals surface area contributed by atoms with Gasteiger partial charge in [-0.05, 0) is 24.6 Å². The van der Waals surface area contributed by atoms with Crippen LogP contribution in [0.1, 0.15) is 18.1 Å². The average Bonchev–Trinajstić information content (AvgIpc) is 2.38. The van der Waals surface area contributed by atoms with E-state index in [0.717, 1.165) is 17.8 Å². The molecule has 0 aromatic heterocycles. The van der Waals surface area contributed by atoms with Crippen molar-refractivity contribution in [2.45, 2.75) is 12.8 Å². The van der Waals surface area contributed by atoms with E-state index >= 15 is 0 Å².